The van der Waals surface area contributed by atoms with Crippen molar-refractivity contribution in [3.63, 3.8) is 0 Å². The highest BCUT2D eigenvalue weighted by atomic mass is 19.3. The Morgan fingerprint density at radius 2 is 2.17 bits per heavy atom. The number of alkyl halides is 2. The minimum absolute atomic E-state index is 0.0271. The van der Waals surface area contributed by atoms with Gasteiger partial charge in [0.25, 0.3) is 5.89 Å². The van der Waals surface area contributed by atoms with Gasteiger partial charge in [0.2, 0.25) is 11.7 Å². The monoisotopic (exact) mass is 325 g/mol. The molecule has 8 heteroatoms. The van der Waals surface area contributed by atoms with Crippen LogP contribution in [-0.4, -0.2) is 27.5 Å². The second-order valence-electron chi connectivity index (χ2n) is 5.54. The molecule has 2 aromatic rings. The maximum Gasteiger partial charge on any atom is 0.322 e. The van der Waals surface area contributed by atoms with E-state index in [0.29, 0.717) is 32.0 Å². The van der Waals surface area contributed by atoms with Gasteiger partial charge in [-0.1, -0.05) is 11.2 Å². The van der Waals surface area contributed by atoms with Crippen molar-refractivity contribution in [3.8, 4) is 11.4 Å². The second kappa shape index (κ2) is 5.68. The quantitative estimate of drug-likeness (QED) is 0.867. The molecule has 1 aliphatic rings. The van der Waals surface area contributed by atoms with E-state index in [1.165, 1.54) is 12.1 Å². The van der Waals surface area contributed by atoms with Gasteiger partial charge in [0.1, 0.15) is 5.82 Å². The van der Waals surface area contributed by atoms with Gasteiger partial charge in [0.05, 0.1) is 5.56 Å². The van der Waals surface area contributed by atoms with Crippen molar-refractivity contribution in [1.29, 1.82) is 0 Å². The molecule has 0 saturated carbocycles. The smallest absolute Gasteiger partial charge is 0.322 e. The summed E-state index contributed by atoms with van der Waals surface area (Å²) >= 11 is 0. The van der Waals surface area contributed by atoms with E-state index in [-0.39, 0.29) is 17.3 Å². The van der Waals surface area contributed by atoms with E-state index in [2.05, 4.69) is 14.7 Å². The maximum absolute atomic E-state index is 14.2. The first-order valence-corrected chi connectivity index (χ1v) is 7.13. The van der Waals surface area contributed by atoms with E-state index in [9.17, 15) is 18.0 Å². The number of benzene rings is 1. The van der Waals surface area contributed by atoms with Crippen LogP contribution in [-0.2, 0) is 17.3 Å². The van der Waals surface area contributed by atoms with Gasteiger partial charge in [-0.25, -0.2) is 4.39 Å². The van der Waals surface area contributed by atoms with E-state index in [0.717, 1.165) is 6.42 Å². The van der Waals surface area contributed by atoms with Gasteiger partial charge in [-0.15, -0.1) is 0 Å². The summed E-state index contributed by atoms with van der Waals surface area (Å²) in [5.74, 6) is -4.98. The highest BCUT2D eigenvalue weighted by molar-refractivity contribution is 5.78. The summed E-state index contributed by atoms with van der Waals surface area (Å²) < 4.78 is 44.8. The first-order valence-electron chi connectivity index (χ1n) is 7.13. The van der Waals surface area contributed by atoms with E-state index < -0.39 is 17.6 Å². The third kappa shape index (κ3) is 3.20. The van der Waals surface area contributed by atoms with Crippen LogP contribution in [0.15, 0.2) is 22.7 Å². The van der Waals surface area contributed by atoms with Crippen molar-refractivity contribution in [2.75, 3.05) is 6.54 Å². The van der Waals surface area contributed by atoms with Crippen LogP contribution in [0.2, 0.25) is 0 Å². The normalized spacial score (nSPS) is 15.5. The number of aromatic nitrogens is 2. The number of nitrogens with zero attached hydrogens (tertiary/aromatic N) is 3. The first-order chi connectivity index (χ1) is 10.8. The van der Waals surface area contributed by atoms with E-state index in [1.807, 2.05) is 0 Å². The zero-order valence-electron chi connectivity index (χ0n) is 12.4. The minimum atomic E-state index is -3.28. The molecule has 0 unspecified atom stereocenters. The van der Waals surface area contributed by atoms with Crippen LogP contribution in [0.1, 0.15) is 31.2 Å². The van der Waals surface area contributed by atoms with Crippen LogP contribution in [0.3, 0.4) is 0 Å². The van der Waals surface area contributed by atoms with E-state index in [1.54, 1.807) is 11.0 Å². The lowest BCUT2D eigenvalue weighted by Crippen LogP contribution is -2.23. The van der Waals surface area contributed by atoms with Crippen molar-refractivity contribution in [1.82, 2.24) is 15.0 Å². The molecule has 1 aromatic carbocycles. The zero-order valence-corrected chi connectivity index (χ0v) is 12.4. The van der Waals surface area contributed by atoms with Crippen LogP contribution >= 0.6 is 0 Å². The van der Waals surface area contributed by atoms with Crippen LogP contribution in [0.5, 0.6) is 0 Å². The fourth-order valence-corrected chi connectivity index (χ4v) is 2.44. The molecule has 0 radical (unpaired) electrons. The van der Waals surface area contributed by atoms with Gasteiger partial charge < -0.3 is 9.42 Å². The van der Waals surface area contributed by atoms with Gasteiger partial charge in [-0.3, -0.25) is 4.79 Å². The molecule has 1 fully saturated rings. The van der Waals surface area contributed by atoms with Crippen molar-refractivity contribution >= 4 is 5.91 Å². The van der Waals surface area contributed by atoms with Gasteiger partial charge in [-0.05, 0) is 24.1 Å². The van der Waals surface area contributed by atoms with Crippen LogP contribution in [0.25, 0.3) is 11.4 Å². The predicted molar refractivity (Wildman–Crippen MR) is 73.9 cm³/mol. The summed E-state index contributed by atoms with van der Waals surface area (Å²) in [6, 6.07) is 4.26. The summed E-state index contributed by atoms with van der Waals surface area (Å²) in [6.45, 7) is 1.60. The fourth-order valence-electron chi connectivity index (χ4n) is 2.44. The summed E-state index contributed by atoms with van der Waals surface area (Å²) in [7, 11) is 0. The van der Waals surface area contributed by atoms with Crippen LogP contribution < -0.4 is 0 Å². The Labute approximate surface area is 130 Å². The molecule has 122 valence electrons. The summed E-state index contributed by atoms with van der Waals surface area (Å²) in [5.41, 5.74) is 0.590. The third-order valence-corrected chi connectivity index (χ3v) is 3.62. The topological polar surface area (TPSA) is 59.2 Å². The molecule has 0 spiro atoms. The van der Waals surface area contributed by atoms with Gasteiger partial charge in [0, 0.05) is 26.4 Å². The fraction of sp³-hybridized carbons (Fsp3) is 0.400. The maximum atomic E-state index is 14.2. The molecule has 0 atom stereocenters. The lowest BCUT2D eigenvalue weighted by atomic mass is 10.1. The predicted octanol–water partition coefficient (Wildman–Crippen LogP) is 3.11. The van der Waals surface area contributed by atoms with Crippen LogP contribution in [0, 0.1) is 5.82 Å². The number of rotatable bonds is 4. The average molecular weight is 325 g/mol. The Kier molecular flexibility index (Phi) is 3.83. The molecule has 1 saturated heterocycles. The molecule has 1 amide bonds. The molecular weight excluding hydrogens is 311 g/mol. The van der Waals surface area contributed by atoms with Gasteiger partial charge >= 0.3 is 5.92 Å². The van der Waals surface area contributed by atoms with Crippen molar-refractivity contribution < 1.29 is 22.5 Å². The number of likely N-dealkylation sites (tertiary alicyclic amines) is 1. The molecule has 0 bridgehead atoms. The lowest BCUT2D eigenvalue weighted by molar-refractivity contribution is -0.128. The van der Waals surface area contributed by atoms with Crippen molar-refractivity contribution in [3.05, 3.63) is 35.5 Å². The number of amides is 1. The molecule has 3 rings (SSSR count). The average Bonchev–Trinajstić information content (AvgIpc) is 3.09. The molecule has 0 aliphatic carbocycles. The Hall–Kier alpha value is -2.38. The molecular formula is C15H14F3N3O2. The number of carbonyl (C=O) groups is 1. The Morgan fingerprint density at radius 3 is 2.74 bits per heavy atom. The summed E-state index contributed by atoms with van der Waals surface area (Å²) in [5, 5.41) is 3.39. The van der Waals surface area contributed by atoms with Crippen LogP contribution in [0.4, 0.5) is 13.2 Å². The molecule has 5 nitrogen and oxygen atoms in total. The number of halogens is 3. The number of hydrogen-bond donors (Lipinski definition) is 0. The van der Waals surface area contributed by atoms with Crippen molar-refractivity contribution in [2.24, 2.45) is 0 Å². The standard InChI is InChI=1S/C15H14F3N3O2/c1-15(17,18)14-19-13(20-23-14)10-5-4-9(7-11(10)16)8-21-6-2-3-12(21)22/h4-5,7H,2-3,6,8H2,1H3. The lowest BCUT2D eigenvalue weighted by Gasteiger charge is -2.15. The Morgan fingerprint density at radius 1 is 1.39 bits per heavy atom. The molecule has 0 N–H and O–H groups in total. The number of carbonyl (C=O) groups excluding carboxylic acids is 1. The minimum Gasteiger partial charge on any atom is -0.338 e. The molecule has 1 aromatic heterocycles. The van der Waals surface area contributed by atoms with Gasteiger partial charge in [-0.2, -0.15) is 13.8 Å². The number of hydrogen-bond acceptors (Lipinski definition) is 4. The largest absolute Gasteiger partial charge is 0.338 e. The van der Waals surface area contributed by atoms with Gasteiger partial charge in [0.15, 0.2) is 0 Å². The Bertz CT molecular complexity index is 740. The Balaban J connectivity index is 1.82. The third-order valence-electron chi connectivity index (χ3n) is 3.62. The molecule has 2 heterocycles. The summed E-state index contributed by atoms with van der Waals surface area (Å²) in [4.78, 5) is 16.8. The second-order valence-corrected chi connectivity index (χ2v) is 5.54. The first kappa shape index (κ1) is 15.5. The van der Waals surface area contributed by atoms with E-state index >= 15 is 0 Å². The molecule has 1 aliphatic heterocycles. The molecule has 23 heavy (non-hydrogen) atoms. The SMILES string of the molecule is CC(F)(F)c1nc(-c2ccc(CN3CCCC3=O)cc2F)no1. The highest BCUT2D eigenvalue weighted by Crippen LogP contribution is 2.28. The van der Waals surface area contributed by atoms with E-state index in [4.69, 9.17) is 0 Å². The highest BCUT2D eigenvalue weighted by Gasteiger charge is 2.32. The van der Waals surface area contributed by atoms with Crippen molar-refractivity contribution in [2.45, 2.75) is 32.2 Å². The zero-order chi connectivity index (χ0) is 16.6. The summed E-state index contributed by atoms with van der Waals surface area (Å²) in [6.07, 6.45) is 1.31.